The molecule has 0 aliphatic heterocycles. The second-order valence-electron chi connectivity index (χ2n) is 11.3. The largest absolute Gasteiger partial charge is 0.444 e. The number of halogens is 1. The van der Waals surface area contributed by atoms with Gasteiger partial charge in [0.25, 0.3) is 0 Å². The minimum Gasteiger partial charge on any atom is -0.444 e. The van der Waals surface area contributed by atoms with Crippen LogP contribution in [0.4, 0.5) is 0 Å². The van der Waals surface area contributed by atoms with Crippen LogP contribution in [-0.2, 0) is 26.3 Å². The summed E-state index contributed by atoms with van der Waals surface area (Å²) in [6, 6.07) is 30.2. The SMILES string of the molecule is CN(C(=O)[C@@H](CC(=O)OC(c1ccccc1)(c1ccccc1)c1ccccc1Cl)Cc1cccnc1)[C@H]1CCCC[C@@H]1N. The van der Waals surface area contributed by atoms with Crippen molar-refractivity contribution in [3.8, 4) is 0 Å². The molecular formula is C36H38ClN3O3. The predicted octanol–water partition coefficient (Wildman–Crippen LogP) is 6.55. The number of hydrogen-bond donors (Lipinski definition) is 1. The summed E-state index contributed by atoms with van der Waals surface area (Å²) in [6.45, 7) is 0. The highest BCUT2D eigenvalue weighted by Crippen LogP contribution is 2.44. The molecule has 222 valence electrons. The lowest BCUT2D eigenvalue weighted by molar-refractivity contribution is -0.157. The van der Waals surface area contributed by atoms with E-state index in [1.807, 2.05) is 98.0 Å². The van der Waals surface area contributed by atoms with Crippen molar-refractivity contribution >= 4 is 23.5 Å². The normalized spacial score (nSPS) is 17.6. The Morgan fingerprint density at radius 2 is 1.56 bits per heavy atom. The fraction of sp³-hybridized carbons (Fsp3) is 0.306. The maximum atomic E-state index is 14.2. The summed E-state index contributed by atoms with van der Waals surface area (Å²) in [5, 5.41) is 0.469. The van der Waals surface area contributed by atoms with Gasteiger partial charge in [0.1, 0.15) is 0 Å². The van der Waals surface area contributed by atoms with E-state index in [0.717, 1.165) is 42.4 Å². The monoisotopic (exact) mass is 595 g/mol. The molecule has 1 amide bonds. The number of nitrogens with two attached hydrogens (primary N) is 1. The van der Waals surface area contributed by atoms with E-state index in [0.29, 0.717) is 17.0 Å². The van der Waals surface area contributed by atoms with Gasteiger partial charge in [0, 0.05) is 53.2 Å². The first kappa shape index (κ1) is 30.5. The van der Waals surface area contributed by atoms with Gasteiger partial charge in [-0.3, -0.25) is 14.6 Å². The van der Waals surface area contributed by atoms with E-state index in [1.165, 1.54) is 0 Å². The second kappa shape index (κ2) is 14.0. The third kappa shape index (κ3) is 6.82. The molecule has 4 aromatic rings. The molecule has 43 heavy (non-hydrogen) atoms. The fourth-order valence-corrected chi connectivity index (χ4v) is 6.55. The van der Waals surface area contributed by atoms with Crippen LogP contribution in [-0.4, -0.2) is 40.9 Å². The van der Waals surface area contributed by atoms with E-state index in [4.69, 9.17) is 22.1 Å². The van der Waals surface area contributed by atoms with Gasteiger partial charge in [0.2, 0.25) is 5.91 Å². The highest BCUT2D eigenvalue weighted by molar-refractivity contribution is 6.31. The highest BCUT2D eigenvalue weighted by Gasteiger charge is 2.43. The molecule has 1 aliphatic rings. The number of pyridine rings is 1. The van der Waals surface area contributed by atoms with Crippen molar-refractivity contribution in [2.24, 2.45) is 11.7 Å². The van der Waals surface area contributed by atoms with Gasteiger partial charge in [-0.05, 0) is 37.0 Å². The molecule has 1 aliphatic carbocycles. The van der Waals surface area contributed by atoms with Gasteiger partial charge in [0.15, 0.2) is 5.60 Å². The van der Waals surface area contributed by atoms with Crippen LogP contribution in [0.2, 0.25) is 5.02 Å². The van der Waals surface area contributed by atoms with Gasteiger partial charge in [-0.15, -0.1) is 0 Å². The van der Waals surface area contributed by atoms with Crippen molar-refractivity contribution in [3.63, 3.8) is 0 Å². The minimum atomic E-state index is -1.34. The number of esters is 1. The number of carbonyl (C=O) groups excluding carboxylic acids is 2. The number of ether oxygens (including phenoxy) is 1. The van der Waals surface area contributed by atoms with Crippen LogP contribution in [0, 0.1) is 5.92 Å². The summed E-state index contributed by atoms with van der Waals surface area (Å²) in [4.78, 5) is 34.3. The molecule has 0 radical (unpaired) electrons. The van der Waals surface area contributed by atoms with Gasteiger partial charge < -0.3 is 15.4 Å². The lowest BCUT2D eigenvalue weighted by Gasteiger charge is -2.38. The Balaban J connectivity index is 1.53. The van der Waals surface area contributed by atoms with Crippen molar-refractivity contribution in [2.45, 2.75) is 56.2 Å². The molecule has 1 heterocycles. The highest BCUT2D eigenvalue weighted by atomic mass is 35.5. The molecule has 0 bridgehead atoms. The molecule has 2 N–H and O–H groups in total. The average Bonchev–Trinajstić information content (AvgIpc) is 3.04. The van der Waals surface area contributed by atoms with Crippen molar-refractivity contribution in [3.05, 3.63) is 137 Å². The van der Waals surface area contributed by atoms with Gasteiger partial charge in [-0.1, -0.05) is 109 Å². The predicted molar refractivity (Wildman–Crippen MR) is 169 cm³/mol. The lowest BCUT2D eigenvalue weighted by atomic mass is 9.80. The van der Waals surface area contributed by atoms with Crippen LogP contribution in [0.5, 0.6) is 0 Å². The first-order chi connectivity index (χ1) is 20.9. The summed E-state index contributed by atoms with van der Waals surface area (Å²) >= 11 is 6.83. The number of benzene rings is 3. The van der Waals surface area contributed by atoms with Gasteiger partial charge in [0.05, 0.1) is 12.3 Å². The van der Waals surface area contributed by atoms with E-state index >= 15 is 0 Å². The summed E-state index contributed by atoms with van der Waals surface area (Å²) in [5.41, 5.74) is 8.14. The molecule has 1 saturated carbocycles. The van der Waals surface area contributed by atoms with Crippen molar-refractivity contribution in [2.75, 3.05) is 7.05 Å². The maximum absolute atomic E-state index is 14.2. The fourth-order valence-electron chi connectivity index (χ4n) is 6.28. The Bertz CT molecular complexity index is 1460. The van der Waals surface area contributed by atoms with E-state index in [9.17, 15) is 9.59 Å². The number of likely N-dealkylation sites (N-methyl/N-ethyl adjacent to an activating group) is 1. The molecule has 0 spiro atoms. The molecule has 5 rings (SSSR count). The molecular weight excluding hydrogens is 558 g/mol. The topological polar surface area (TPSA) is 85.5 Å². The molecule has 0 unspecified atom stereocenters. The molecule has 7 heteroatoms. The van der Waals surface area contributed by atoms with Crippen LogP contribution in [0.1, 0.15) is 54.4 Å². The zero-order valence-corrected chi connectivity index (χ0v) is 25.2. The van der Waals surface area contributed by atoms with Crippen molar-refractivity contribution in [1.29, 1.82) is 0 Å². The van der Waals surface area contributed by atoms with Gasteiger partial charge in [-0.2, -0.15) is 0 Å². The van der Waals surface area contributed by atoms with Crippen LogP contribution < -0.4 is 5.73 Å². The summed E-state index contributed by atoms with van der Waals surface area (Å²) < 4.78 is 6.61. The molecule has 1 fully saturated rings. The number of rotatable bonds is 10. The average molecular weight is 596 g/mol. The third-order valence-electron chi connectivity index (χ3n) is 8.47. The summed E-state index contributed by atoms with van der Waals surface area (Å²) in [6.07, 6.45) is 7.49. The molecule has 0 saturated heterocycles. The molecule has 3 atom stereocenters. The first-order valence-corrected chi connectivity index (χ1v) is 15.3. The van der Waals surface area contributed by atoms with Crippen LogP contribution in [0.25, 0.3) is 0 Å². The van der Waals surface area contributed by atoms with E-state index in [1.54, 1.807) is 23.4 Å². The van der Waals surface area contributed by atoms with Crippen LogP contribution in [0.3, 0.4) is 0 Å². The van der Waals surface area contributed by atoms with E-state index in [2.05, 4.69) is 4.98 Å². The number of aromatic nitrogens is 1. The van der Waals surface area contributed by atoms with Crippen molar-refractivity contribution < 1.29 is 14.3 Å². The second-order valence-corrected chi connectivity index (χ2v) is 11.7. The Kier molecular flexibility index (Phi) is 9.90. The van der Waals surface area contributed by atoms with E-state index in [-0.39, 0.29) is 24.4 Å². The van der Waals surface area contributed by atoms with Crippen LogP contribution in [0.15, 0.2) is 109 Å². The lowest BCUT2D eigenvalue weighted by Crippen LogP contribution is -2.52. The number of hydrogen-bond acceptors (Lipinski definition) is 5. The molecule has 1 aromatic heterocycles. The quantitative estimate of drug-likeness (QED) is 0.166. The summed E-state index contributed by atoms with van der Waals surface area (Å²) in [7, 11) is 1.81. The van der Waals surface area contributed by atoms with Crippen molar-refractivity contribution in [1.82, 2.24) is 9.88 Å². The molecule has 3 aromatic carbocycles. The number of carbonyl (C=O) groups is 2. The number of nitrogens with zero attached hydrogens (tertiary/aromatic N) is 2. The number of amides is 1. The Morgan fingerprint density at radius 3 is 2.16 bits per heavy atom. The summed E-state index contributed by atoms with van der Waals surface area (Å²) in [5.74, 6) is -1.28. The third-order valence-corrected chi connectivity index (χ3v) is 8.80. The molecule has 6 nitrogen and oxygen atoms in total. The first-order valence-electron chi connectivity index (χ1n) is 14.9. The smallest absolute Gasteiger partial charge is 0.308 e. The Morgan fingerprint density at radius 1 is 0.930 bits per heavy atom. The van der Waals surface area contributed by atoms with Gasteiger partial charge in [-0.25, -0.2) is 0 Å². The Hall–Kier alpha value is -4.00. The van der Waals surface area contributed by atoms with Gasteiger partial charge >= 0.3 is 5.97 Å². The zero-order chi connectivity index (χ0) is 30.2. The Labute approximate surface area is 258 Å². The van der Waals surface area contributed by atoms with E-state index < -0.39 is 17.5 Å². The zero-order valence-electron chi connectivity index (χ0n) is 24.4. The van der Waals surface area contributed by atoms with Crippen LogP contribution >= 0.6 is 11.6 Å². The standard InChI is InChI=1S/C36H38ClN3O3/c1-40(33-21-11-10-20-32(33)38)35(42)27(23-26-13-12-22-39-25-26)24-34(41)43-36(28-14-4-2-5-15-28,29-16-6-3-7-17-29)30-18-8-9-19-31(30)37/h2-9,12-19,22,25,27,32-33H,10-11,20-21,23-24,38H2,1H3/t27-,32+,33+/m1/s1. The maximum Gasteiger partial charge on any atom is 0.308 e. The minimum absolute atomic E-state index is 0.0653.